The van der Waals surface area contributed by atoms with Crippen molar-refractivity contribution >= 4 is 12.2 Å². The second-order valence-electron chi connectivity index (χ2n) is 8.38. The highest BCUT2D eigenvalue weighted by Gasteiger charge is 2.27. The second-order valence-corrected chi connectivity index (χ2v) is 8.38. The van der Waals surface area contributed by atoms with E-state index in [2.05, 4.69) is 30.6 Å². The molecule has 9 nitrogen and oxygen atoms in total. The fourth-order valence-corrected chi connectivity index (χ4v) is 4.18. The number of rotatable bonds is 8. The summed E-state index contributed by atoms with van der Waals surface area (Å²) < 4.78 is 26.8. The summed E-state index contributed by atoms with van der Waals surface area (Å²) in [7, 11) is 1.88. The van der Waals surface area contributed by atoms with Crippen LogP contribution in [-0.2, 0) is 7.05 Å². The van der Waals surface area contributed by atoms with Crippen LogP contribution < -0.4 is 20.1 Å². The maximum Gasteiger partial charge on any atom is 0.214 e. The van der Waals surface area contributed by atoms with Gasteiger partial charge in [0.1, 0.15) is 30.5 Å². The number of fused-ring (bicyclic) bond motifs is 1. The number of nitrogens with one attached hydrogen (secondary N) is 2. The topological polar surface area (TPSA) is 88.8 Å². The fourth-order valence-electron chi connectivity index (χ4n) is 4.18. The van der Waals surface area contributed by atoms with Crippen LogP contribution in [0.5, 0.6) is 11.6 Å². The molecule has 2 aromatic heterocycles. The molecule has 0 amide bonds. The number of aromatic nitrogens is 3. The molecule has 2 aromatic rings. The molecule has 2 N–H and O–H groups in total. The average molecular weight is 454 g/mol. The van der Waals surface area contributed by atoms with E-state index < -0.39 is 6.17 Å². The highest BCUT2D eigenvalue weighted by Crippen LogP contribution is 2.28. The van der Waals surface area contributed by atoms with Crippen molar-refractivity contribution in [1.29, 1.82) is 0 Å². The minimum Gasteiger partial charge on any atom is -0.491 e. The van der Waals surface area contributed by atoms with Gasteiger partial charge in [-0.15, -0.1) is 0 Å². The van der Waals surface area contributed by atoms with Gasteiger partial charge in [0.15, 0.2) is 5.82 Å². The quantitative estimate of drug-likeness (QED) is 0.593. The Morgan fingerprint density at radius 1 is 1.27 bits per heavy atom. The van der Waals surface area contributed by atoms with Crippen molar-refractivity contribution in [3.05, 3.63) is 54.1 Å². The Balaban J connectivity index is 1.16. The number of alkyl halides is 1. The van der Waals surface area contributed by atoms with Crippen LogP contribution >= 0.6 is 0 Å². The SMILES string of the molecule is Cn1ccc(NC2=C3CC(Oc4ccc(OCCN5CC[C@H](F)C5)cn4)C=CC3N=CN2)n1. The Morgan fingerprint density at radius 3 is 2.97 bits per heavy atom. The third kappa shape index (κ3) is 5.33. The lowest BCUT2D eigenvalue weighted by atomic mass is 9.93. The maximum absolute atomic E-state index is 13.2. The molecule has 5 rings (SSSR count). The van der Waals surface area contributed by atoms with Gasteiger partial charge in [0.2, 0.25) is 5.88 Å². The minimum absolute atomic E-state index is 0.0238. The third-order valence-electron chi connectivity index (χ3n) is 5.89. The van der Waals surface area contributed by atoms with Gasteiger partial charge in [-0.1, -0.05) is 6.08 Å². The molecular weight excluding hydrogens is 425 g/mol. The van der Waals surface area contributed by atoms with Gasteiger partial charge >= 0.3 is 0 Å². The first kappa shape index (κ1) is 21.4. The number of ether oxygens (including phenoxy) is 2. The molecule has 2 unspecified atom stereocenters. The predicted molar refractivity (Wildman–Crippen MR) is 123 cm³/mol. The molecule has 1 aliphatic carbocycles. The molecule has 1 saturated heterocycles. The van der Waals surface area contributed by atoms with E-state index in [-0.39, 0.29) is 12.1 Å². The molecule has 3 atom stereocenters. The average Bonchev–Trinajstić information content (AvgIpc) is 3.43. The van der Waals surface area contributed by atoms with Crippen molar-refractivity contribution in [1.82, 2.24) is 25.0 Å². The summed E-state index contributed by atoms with van der Waals surface area (Å²) in [4.78, 5) is 11.0. The number of aryl methyl sites for hydroxylation is 1. The van der Waals surface area contributed by atoms with E-state index >= 15 is 0 Å². The maximum atomic E-state index is 13.2. The zero-order chi connectivity index (χ0) is 22.6. The Kier molecular flexibility index (Phi) is 6.25. The van der Waals surface area contributed by atoms with Crippen LogP contribution in [0.4, 0.5) is 10.2 Å². The van der Waals surface area contributed by atoms with Gasteiger partial charge in [0, 0.05) is 57.0 Å². The molecule has 4 heterocycles. The van der Waals surface area contributed by atoms with E-state index in [0.717, 1.165) is 23.8 Å². The van der Waals surface area contributed by atoms with E-state index in [4.69, 9.17) is 9.47 Å². The van der Waals surface area contributed by atoms with Crippen molar-refractivity contribution in [2.45, 2.75) is 31.2 Å². The summed E-state index contributed by atoms with van der Waals surface area (Å²) in [5.74, 6) is 2.84. The molecule has 10 heteroatoms. The largest absolute Gasteiger partial charge is 0.491 e. The number of hydrogen-bond acceptors (Lipinski definition) is 8. The zero-order valence-corrected chi connectivity index (χ0v) is 18.5. The first-order valence-electron chi connectivity index (χ1n) is 11.2. The van der Waals surface area contributed by atoms with E-state index in [1.54, 1.807) is 23.3 Å². The monoisotopic (exact) mass is 453 g/mol. The number of pyridine rings is 1. The van der Waals surface area contributed by atoms with Gasteiger partial charge in [0.25, 0.3) is 0 Å². The molecule has 2 aliphatic heterocycles. The van der Waals surface area contributed by atoms with Crippen molar-refractivity contribution < 1.29 is 13.9 Å². The number of halogens is 1. The number of anilines is 1. The summed E-state index contributed by atoms with van der Waals surface area (Å²) in [6.45, 7) is 2.52. The predicted octanol–water partition coefficient (Wildman–Crippen LogP) is 2.27. The standard InChI is InChI=1S/C23H28FN7O2/c1-30-8-7-21(29-30)28-23-19-12-17(2-4-20(19)26-15-27-23)33-22-5-3-18(13-25-22)32-11-10-31-9-6-16(24)14-31/h2-5,7-8,13,15-17,20H,6,9-12,14H2,1H3,(H,26,27)(H,28,29)/t16-,17?,20?/m0/s1. The van der Waals surface area contributed by atoms with Crippen LogP contribution in [0.25, 0.3) is 0 Å². The molecule has 1 fully saturated rings. The van der Waals surface area contributed by atoms with E-state index in [0.29, 0.717) is 44.2 Å². The Hall–Kier alpha value is -3.40. The second kappa shape index (κ2) is 9.62. The lowest BCUT2D eigenvalue weighted by Gasteiger charge is -2.29. The summed E-state index contributed by atoms with van der Waals surface area (Å²) in [5, 5.41) is 10.9. The number of likely N-dealkylation sites (tertiary alicyclic amines) is 1. The zero-order valence-electron chi connectivity index (χ0n) is 18.5. The van der Waals surface area contributed by atoms with Gasteiger partial charge in [0.05, 0.1) is 18.6 Å². The normalized spacial score (nSPS) is 24.5. The highest BCUT2D eigenvalue weighted by atomic mass is 19.1. The molecule has 0 radical (unpaired) electrons. The summed E-state index contributed by atoms with van der Waals surface area (Å²) >= 11 is 0. The molecule has 0 spiro atoms. The summed E-state index contributed by atoms with van der Waals surface area (Å²) in [5.41, 5.74) is 1.10. The van der Waals surface area contributed by atoms with Crippen molar-refractivity contribution in [3.63, 3.8) is 0 Å². The lowest BCUT2D eigenvalue weighted by Crippen LogP contribution is -2.34. The molecule has 0 bridgehead atoms. The molecule has 3 aliphatic rings. The van der Waals surface area contributed by atoms with Crippen LogP contribution in [-0.4, -0.2) is 70.6 Å². The van der Waals surface area contributed by atoms with Crippen LogP contribution in [0, 0.1) is 0 Å². The minimum atomic E-state index is -0.707. The number of hydrogen-bond donors (Lipinski definition) is 2. The Morgan fingerprint density at radius 2 is 2.21 bits per heavy atom. The van der Waals surface area contributed by atoms with Crippen molar-refractivity contribution in [3.8, 4) is 11.6 Å². The molecule has 0 saturated carbocycles. The third-order valence-corrected chi connectivity index (χ3v) is 5.89. The van der Waals surface area contributed by atoms with Crippen LogP contribution in [0.15, 0.2) is 59.1 Å². The fraction of sp³-hybridized carbons (Fsp3) is 0.435. The first-order chi connectivity index (χ1) is 16.1. The summed E-state index contributed by atoms with van der Waals surface area (Å²) in [6.07, 6.45) is 9.73. The molecule has 0 aromatic carbocycles. The van der Waals surface area contributed by atoms with Crippen LogP contribution in [0.1, 0.15) is 12.8 Å². The molecule has 33 heavy (non-hydrogen) atoms. The van der Waals surface area contributed by atoms with Gasteiger partial charge in [-0.2, -0.15) is 5.10 Å². The van der Waals surface area contributed by atoms with Gasteiger partial charge < -0.3 is 20.1 Å². The number of nitrogens with zero attached hydrogens (tertiary/aromatic N) is 5. The van der Waals surface area contributed by atoms with Crippen LogP contribution in [0.2, 0.25) is 0 Å². The lowest BCUT2D eigenvalue weighted by molar-refractivity contribution is 0.220. The summed E-state index contributed by atoms with van der Waals surface area (Å²) in [6, 6.07) is 5.55. The smallest absolute Gasteiger partial charge is 0.214 e. The first-order valence-corrected chi connectivity index (χ1v) is 11.2. The Labute approximate surface area is 192 Å². The van der Waals surface area contributed by atoms with E-state index in [1.165, 1.54) is 0 Å². The molecule has 174 valence electrons. The van der Waals surface area contributed by atoms with E-state index in [9.17, 15) is 4.39 Å². The van der Waals surface area contributed by atoms with E-state index in [1.807, 2.05) is 37.5 Å². The van der Waals surface area contributed by atoms with Gasteiger partial charge in [-0.05, 0) is 18.6 Å². The highest BCUT2D eigenvalue weighted by molar-refractivity contribution is 5.64. The van der Waals surface area contributed by atoms with Crippen LogP contribution in [0.3, 0.4) is 0 Å². The number of aliphatic imine (C=N–C) groups is 1. The van der Waals surface area contributed by atoms with Crippen molar-refractivity contribution in [2.75, 3.05) is 31.6 Å². The Bertz CT molecular complexity index is 1050. The molecular formula is C23H28FN7O2. The van der Waals surface area contributed by atoms with Crippen molar-refractivity contribution in [2.24, 2.45) is 12.0 Å². The van der Waals surface area contributed by atoms with Gasteiger partial charge in [-0.3, -0.25) is 14.6 Å². The van der Waals surface area contributed by atoms with Gasteiger partial charge in [-0.25, -0.2) is 9.37 Å².